The lowest BCUT2D eigenvalue weighted by atomic mass is 10.2. The number of halogens is 5. The first-order valence-corrected chi connectivity index (χ1v) is 6.31. The Morgan fingerprint density at radius 2 is 2.04 bits per heavy atom. The number of aliphatic hydroxyl groups is 1. The zero-order valence-corrected chi connectivity index (χ0v) is 12.1. The predicted molar refractivity (Wildman–Crippen MR) is 70.4 cm³/mol. The van der Waals surface area contributed by atoms with Gasteiger partial charge in [-0.3, -0.25) is 9.69 Å². The van der Waals surface area contributed by atoms with Gasteiger partial charge in [-0.15, -0.1) is 0 Å². The molecule has 1 aliphatic rings. The highest BCUT2D eigenvalue weighted by Gasteiger charge is 2.45. The fraction of sp³-hybridized carbons (Fsp3) is 0.250. The molecule has 0 bridgehead atoms. The smallest absolute Gasteiger partial charge is 0.369 e. The molecule has 23 heavy (non-hydrogen) atoms. The van der Waals surface area contributed by atoms with Gasteiger partial charge in [-0.2, -0.15) is 13.2 Å². The van der Waals surface area contributed by atoms with E-state index in [2.05, 4.69) is 4.98 Å². The summed E-state index contributed by atoms with van der Waals surface area (Å²) in [6, 6.07) is -0.714. The van der Waals surface area contributed by atoms with Gasteiger partial charge < -0.3 is 5.11 Å². The number of allylic oxidation sites excluding steroid dienone is 1. The van der Waals surface area contributed by atoms with Crippen LogP contribution >= 0.6 is 11.6 Å². The Morgan fingerprint density at radius 1 is 1.43 bits per heavy atom. The van der Waals surface area contributed by atoms with Crippen LogP contribution < -0.4 is 4.90 Å². The van der Waals surface area contributed by atoms with Gasteiger partial charge in [-0.1, -0.05) is 11.6 Å². The van der Waals surface area contributed by atoms with Gasteiger partial charge in [0.25, 0.3) is 0 Å². The Kier molecular flexibility index (Phi) is 4.31. The third-order valence-corrected chi connectivity index (χ3v) is 3.30. The lowest BCUT2D eigenvalue weighted by molar-refractivity contribution is -0.108. The van der Waals surface area contributed by atoms with Crippen molar-refractivity contribution >= 4 is 29.7 Å². The molecule has 1 aromatic heterocycles. The summed E-state index contributed by atoms with van der Waals surface area (Å²) < 4.78 is 52.2. The van der Waals surface area contributed by atoms with Gasteiger partial charge in [-0.25, -0.2) is 19.1 Å². The minimum Gasteiger partial charge on any atom is -0.369 e. The molecule has 1 aromatic rings. The summed E-state index contributed by atoms with van der Waals surface area (Å²) in [7, 11) is 0.801. The van der Waals surface area contributed by atoms with Gasteiger partial charge in [0, 0.05) is 7.05 Å². The molecule has 0 saturated heterocycles. The van der Waals surface area contributed by atoms with E-state index in [1.807, 2.05) is 0 Å². The highest BCUT2D eigenvalue weighted by Crippen LogP contribution is 2.34. The van der Waals surface area contributed by atoms with Crippen molar-refractivity contribution < 1.29 is 32.3 Å². The Bertz CT molecular complexity index is 708. The van der Waals surface area contributed by atoms with Gasteiger partial charge in [0.05, 0.1) is 5.02 Å². The second kappa shape index (κ2) is 5.78. The average Bonchev–Trinajstić information content (AvgIpc) is 2.44. The molecule has 1 aliphatic heterocycles. The molecule has 0 spiro atoms. The zero-order valence-electron chi connectivity index (χ0n) is 11.3. The van der Waals surface area contributed by atoms with Crippen molar-refractivity contribution in [3.8, 4) is 0 Å². The number of amides is 2. The van der Waals surface area contributed by atoms with Crippen molar-refractivity contribution in [1.29, 1.82) is 0 Å². The maximum atomic E-state index is 13.9. The lowest BCUT2D eigenvalue weighted by Gasteiger charge is -2.36. The summed E-state index contributed by atoms with van der Waals surface area (Å²) in [4.78, 5) is 26.8. The Balaban J connectivity index is 2.56. The number of aldehydes is 1. The fourth-order valence-electron chi connectivity index (χ4n) is 1.93. The Labute approximate surface area is 131 Å². The summed E-state index contributed by atoms with van der Waals surface area (Å²) in [5, 5.41) is 9.43. The van der Waals surface area contributed by atoms with E-state index in [0.29, 0.717) is 12.1 Å². The number of pyridine rings is 1. The summed E-state index contributed by atoms with van der Waals surface area (Å²) in [5.74, 6) is -2.01. The van der Waals surface area contributed by atoms with Crippen LogP contribution in [-0.4, -0.2) is 46.8 Å². The van der Waals surface area contributed by atoms with Gasteiger partial charge in [0.1, 0.15) is 11.4 Å². The molecule has 1 atom stereocenters. The summed E-state index contributed by atoms with van der Waals surface area (Å²) in [6.07, 6.45) is -6.53. The number of carbonyl (C=O) groups is 2. The van der Waals surface area contributed by atoms with Crippen LogP contribution in [0.15, 0.2) is 17.8 Å². The maximum absolute atomic E-state index is 13.9. The molecule has 2 heterocycles. The molecule has 2 amide bonds. The van der Waals surface area contributed by atoms with Gasteiger partial charge >= 0.3 is 12.2 Å². The number of nitrogens with zero attached hydrogens (tertiary/aromatic N) is 3. The van der Waals surface area contributed by atoms with E-state index in [0.717, 1.165) is 7.05 Å². The molecule has 0 saturated carbocycles. The number of rotatable bonds is 2. The number of carbonyl (C=O) groups excluding carboxylic acids is 2. The maximum Gasteiger partial charge on any atom is 0.431 e. The van der Waals surface area contributed by atoms with Crippen molar-refractivity contribution in [3.63, 3.8) is 0 Å². The van der Waals surface area contributed by atoms with E-state index in [9.17, 15) is 32.3 Å². The third-order valence-electron chi connectivity index (χ3n) is 2.99. The molecule has 0 aliphatic carbocycles. The molecule has 6 nitrogen and oxygen atoms in total. The van der Waals surface area contributed by atoms with Crippen LogP contribution in [-0.2, 0) is 0 Å². The molecule has 1 N–H and O–H groups in total. The van der Waals surface area contributed by atoms with E-state index in [-0.39, 0.29) is 21.1 Å². The summed E-state index contributed by atoms with van der Waals surface area (Å²) in [5.41, 5.74) is -1.84. The third kappa shape index (κ3) is 2.99. The second-order valence-corrected chi connectivity index (χ2v) is 4.86. The second-order valence-electron chi connectivity index (χ2n) is 4.45. The number of urea groups is 1. The minimum atomic E-state index is -4.89. The van der Waals surface area contributed by atoms with Crippen LogP contribution in [0.4, 0.5) is 28.2 Å². The topological polar surface area (TPSA) is 73.7 Å². The van der Waals surface area contributed by atoms with Crippen LogP contribution in [0.2, 0.25) is 5.02 Å². The number of hydrogen-bond donors (Lipinski definition) is 1. The molecule has 2 rings (SSSR count). The number of anilines is 1. The van der Waals surface area contributed by atoms with Crippen LogP contribution in [0.25, 0.3) is 0 Å². The van der Waals surface area contributed by atoms with E-state index in [4.69, 9.17) is 11.6 Å². The normalized spacial score (nSPS) is 19.0. The zero-order chi connectivity index (χ0) is 17.5. The van der Waals surface area contributed by atoms with Crippen LogP contribution in [0.1, 0.15) is 10.5 Å². The van der Waals surface area contributed by atoms with E-state index in [1.54, 1.807) is 0 Å². The SMILES string of the molecule is CN1C(=O)N(c2nc(C=O)c(Cl)cc2F)C(O)C=C1C(F)(F)F. The molecule has 0 aromatic carbocycles. The van der Waals surface area contributed by atoms with Crippen molar-refractivity contribution in [1.82, 2.24) is 9.88 Å². The molecule has 11 heteroatoms. The predicted octanol–water partition coefficient (Wildman–Crippen LogP) is 2.32. The fourth-order valence-corrected chi connectivity index (χ4v) is 2.11. The van der Waals surface area contributed by atoms with E-state index >= 15 is 0 Å². The molecular formula is C12H8ClF4N3O3. The van der Waals surface area contributed by atoms with Gasteiger partial charge in [0.15, 0.2) is 24.1 Å². The molecule has 0 fully saturated rings. The van der Waals surface area contributed by atoms with E-state index in [1.165, 1.54) is 0 Å². The number of alkyl halides is 3. The first-order chi connectivity index (χ1) is 10.6. The van der Waals surface area contributed by atoms with Crippen molar-refractivity contribution in [2.24, 2.45) is 0 Å². The van der Waals surface area contributed by atoms with Gasteiger partial charge in [0.2, 0.25) is 0 Å². The minimum absolute atomic E-state index is 0.173. The first kappa shape index (κ1) is 17.2. The summed E-state index contributed by atoms with van der Waals surface area (Å²) >= 11 is 5.55. The Morgan fingerprint density at radius 3 is 2.57 bits per heavy atom. The van der Waals surface area contributed by atoms with Crippen molar-refractivity contribution in [2.75, 3.05) is 11.9 Å². The van der Waals surface area contributed by atoms with Crippen LogP contribution in [0.3, 0.4) is 0 Å². The molecule has 0 radical (unpaired) electrons. The van der Waals surface area contributed by atoms with E-state index < -0.39 is 41.5 Å². The quantitative estimate of drug-likeness (QED) is 0.654. The Hall–Kier alpha value is -2.20. The number of aliphatic hydroxyl groups excluding tert-OH is 1. The van der Waals surface area contributed by atoms with Crippen molar-refractivity contribution in [2.45, 2.75) is 12.4 Å². The highest BCUT2D eigenvalue weighted by atomic mass is 35.5. The standard InChI is InChI=1S/C12H8ClF4N3O3/c1-19-8(12(15,16)17)3-9(22)20(11(19)23)10-6(14)2-5(13)7(4-21)18-10/h2-4,9,22H,1H3. The number of hydrogen-bond acceptors (Lipinski definition) is 4. The largest absolute Gasteiger partial charge is 0.431 e. The molecule has 1 unspecified atom stereocenters. The van der Waals surface area contributed by atoms with Gasteiger partial charge in [-0.05, 0) is 12.1 Å². The average molecular weight is 354 g/mol. The molecular weight excluding hydrogens is 346 g/mol. The highest BCUT2D eigenvalue weighted by molar-refractivity contribution is 6.32. The molecule has 124 valence electrons. The van der Waals surface area contributed by atoms with Crippen LogP contribution in [0, 0.1) is 5.82 Å². The number of aromatic nitrogens is 1. The monoisotopic (exact) mass is 353 g/mol. The summed E-state index contributed by atoms with van der Waals surface area (Å²) in [6.45, 7) is 0. The van der Waals surface area contributed by atoms with Crippen LogP contribution in [0.5, 0.6) is 0 Å². The first-order valence-electron chi connectivity index (χ1n) is 5.93. The van der Waals surface area contributed by atoms with Crippen molar-refractivity contribution in [3.05, 3.63) is 34.4 Å². The lowest BCUT2D eigenvalue weighted by Crippen LogP contribution is -2.53.